The largest absolute Gasteiger partial charge is 2.00 e. The Bertz CT molecular complexity index is 701. The van der Waals surface area contributed by atoms with E-state index in [1.165, 1.54) is 22.0 Å². The molecule has 0 atom stereocenters. The monoisotopic (exact) mass is 301 g/mol. The summed E-state index contributed by atoms with van der Waals surface area (Å²) in [6.45, 7) is 0. The summed E-state index contributed by atoms with van der Waals surface area (Å²) in [6.07, 6.45) is 2.07. The molecular formula is C18H15FeN. The Labute approximate surface area is 129 Å². The number of aromatic amines is 1. The van der Waals surface area contributed by atoms with E-state index in [2.05, 4.69) is 53.6 Å². The fourth-order valence-corrected chi connectivity index (χ4v) is 2.18. The molecule has 100 valence electrons. The molecule has 1 aromatic heterocycles. The minimum atomic E-state index is 0. The molecule has 0 radical (unpaired) electrons. The maximum Gasteiger partial charge on any atom is 2.00 e. The van der Waals surface area contributed by atoms with Gasteiger partial charge in [0, 0.05) is 5.52 Å². The van der Waals surface area contributed by atoms with Crippen LogP contribution in [0, 0.1) is 0 Å². The second-order valence-electron chi connectivity index (χ2n) is 4.38. The predicted octanol–water partition coefficient (Wildman–Crippen LogP) is 4.96. The molecule has 0 fully saturated rings. The first-order chi connectivity index (χ1) is 9.45. The number of H-pyrrole nitrogens is 1. The third kappa shape index (κ3) is 3.11. The average molecular weight is 301 g/mol. The number of fused-ring (bicyclic) bond motifs is 1. The molecule has 0 amide bonds. The van der Waals surface area contributed by atoms with Crippen LogP contribution in [0.3, 0.4) is 0 Å². The molecule has 0 saturated carbocycles. The summed E-state index contributed by atoms with van der Waals surface area (Å²) in [5.41, 5.74) is 3.76. The summed E-state index contributed by atoms with van der Waals surface area (Å²) >= 11 is 0. The van der Waals surface area contributed by atoms with Crippen LogP contribution in [-0.4, -0.2) is 4.98 Å². The van der Waals surface area contributed by atoms with Crippen molar-refractivity contribution in [1.29, 1.82) is 0 Å². The van der Waals surface area contributed by atoms with Gasteiger partial charge in [-0.1, -0.05) is 40.9 Å². The van der Waals surface area contributed by atoms with Crippen LogP contribution in [0.25, 0.3) is 22.0 Å². The summed E-state index contributed by atoms with van der Waals surface area (Å²) < 4.78 is 0. The molecule has 0 unspecified atom stereocenters. The van der Waals surface area contributed by atoms with Crippen molar-refractivity contribution in [2.75, 3.05) is 0 Å². The molecule has 0 spiro atoms. The van der Waals surface area contributed by atoms with Crippen molar-refractivity contribution in [1.82, 2.24) is 4.98 Å². The quantitative estimate of drug-likeness (QED) is 0.378. The zero-order chi connectivity index (χ0) is 12.9. The molecule has 20 heavy (non-hydrogen) atoms. The molecule has 2 heteroatoms. The molecule has 4 rings (SSSR count). The maximum atomic E-state index is 3.28. The first-order valence-corrected chi connectivity index (χ1v) is 6.40. The molecule has 0 aliphatic carbocycles. The van der Waals surface area contributed by atoms with Gasteiger partial charge in [-0.25, -0.2) is 12.1 Å². The second-order valence-corrected chi connectivity index (χ2v) is 4.38. The van der Waals surface area contributed by atoms with Gasteiger partial charge in [-0.05, 0) is 6.07 Å². The normalized spacial score (nSPS) is 9.60. The van der Waals surface area contributed by atoms with Crippen molar-refractivity contribution in [3.63, 3.8) is 0 Å². The average Bonchev–Trinajstić information content (AvgIpc) is 3.21. The number of aromatic nitrogens is 1. The Kier molecular flexibility index (Phi) is 5.00. The number of hydrogen-bond acceptors (Lipinski definition) is 0. The first-order valence-electron chi connectivity index (χ1n) is 6.40. The van der Waals surface area contributed by atoms with Gasteiger partial charge in [-0.3, -0.25) is 0 Å². The molecule has 0 saturated heterocycles. The van der Waals surface area contributed by atoms with Crippen LogP contribution in [0.15, 0.2) is 85.1 Å². The van der Waals surface area contributed by atoms with Gasteiger partial charge in [0.1, 0.15) is 0 Å². The van der Waals surface area contributed by atoms with Crippen LogP contribution in [0.5, 0.6) is 0 Å². The molecule has 0 aliphatic rings. The van der Waals surface area contributed by atoms with Gasteiger partial charge in [0.15, 0.2) is 0 Å². The fraction of sp³-hybridized carbons (Fsp3) is 0. The number of rotatable bonds is 1. The number of nitrogens with one attached hydrogen (secondary N) is 1. The van der Waals surface area contributed by atoms with E-state index in [1.807, 2.05) is 36.4 Å². The van der Waals surface area contributed by atoms with Crippen LogP contribution in [0.4, 0.5) is 0 Å². The van der Waals surface area contributed by atoms with Gasteiger partial charge in [-0.15, -0.1) is 12.1 Å². The molecule has 1 N–H and O–H groups in total. The summed E-state index contributed by atoms with van der Waals surface area (Å²) in [6, 6.07) is 26.8. The molecule has 3 aromatic carbocycles. The summed E-state index contributed by atoms with van der Waals surface area (Å²) in [4.78, 5) is 3.28. The third-order valence-corrected chi connectivity index (χ3v) is 3.12. The minimum Gasteiger partial charge on any atom is -0.399 e. The van der Waals surface area contributed by atoms with E-state index in [1.54, 1.807) is 0 Å². The number of para-hydroxylation sites is 1. The van der Waals surface area contributed by atoms with Crippen LogP contribution in [-0.2, 0) is 17.1 Å². The number of hydrogen-bond donors (Lipinski definition) is 1. The van der Waals surface area contributed by atoms with Gasteiger partial charge in [0.05, 0.1) is 0 Å². The zero-order valence-corrected chi connectivity index (χ0v) is 12.0. The van der Waals surface area contributed by atoms with Gasteiger partial charge >= 0.3 is 17.1 Å². The van der Waals surface area contributed by atoms with Crippen LogP contribution in [0.2, 0.25) is 0 Å². The summed E-state index contributed by atoms with van der Waals surface area (Å²) in [5, 5.41) is 1.29. The van der Waals surface area contributed by atoms with Crippen molar-refractivity contribution < 1.29 is 17.1 Å². The topological polar surface area (TPSA) is 15.8 Å². The summed E-state index contributed by atoms with van der Waals surface area (Å²) in [7, 11) is 0. The Morgan fingerprint density at radius 2 is 1.55 bits per heavy atom. The molecule has 1 nitrogen and oxygen atoms in total. The maximum absolute atomic E-state index is 3.28. The molecule has 4 aromatic rings. The standard InChI is InChI=1S/C13H10N.C5H5.Fe/c1-2-6-10(5-1)12-9-14-13-8-4-3-7-11(12)13;1-2-4-5-3-1;/h1-9,14H;1-5H;/q2*-1;+2. The second kappa shape index (κ2) is 6.95. The first kappa shape index (κ1) is 14.4. The van der Waals surface area contributed by atoms with E-state index in [-0.39, 0.29) is 17.1 Å². The molecular weight excluding hydrogens is 286 g/mol. The van der Waals surface area contributed by atoms with E-state index in [0.717, 1.165) is 0 Å². The van der Waals surface area contributed by atoms with Crippen LogP contribution in [0.1, 0.15) is 0 Å². The van der Waals surface area contributed by atoms with Crippen molar-refractivity contribution in [3.8, 4) is 11.1 Å². The molecule has 0 aliphatic heterocycles. The Hall–Kier alpha value is -2.02. The third-order valence-electron chi connectivity index (χ3n) is 3.12. The fourth-order valence-electron chi connectivity index (χ4n) is 2.18. The van der Waals surface area contributed by atoms with E-state index < -0.39 is 0 Å². The Morgan fingerprint density at radius 1 is 0.850 bits per heavy atom. The SMILES string of the molecule is [Fe+2].c1cc[cH-]c1.c1ccc2c(-[c-]3cccc3)c[nH]c2c1. The van der Waals surface area contributed by atoms with Gasteiger partial charge in [0.2, 0.25) is 0 Å². The zero-order valence-electron chi connectivity index (χ0n) is 10.9. The van der Waals surface area contributed by atoms with Gasteiger partial charge in [-0.2, -0.15) is 30.3 Å². The van der Waals surface area contributed by atoms with Crippen molar-refractivity contribution in [2.24, 2.45) is 0 Å². The predicted molar refractivity (Wildman–Crippen MR) is 81.4 cm³/mol. The Balaban J connectivity index is 0.000000210. The summed E-state index contributed by atoms with van der Waals surface area (Å²) in [5.74, 6) is 0. The van der Waals surface area contributed by atoms with Crippen molar-refractivity contribution >= 4 is 10.9 Å². The number of benzene rings is 1. The van der Waals surface area contributed by atoms with E-state index >= 15 is 0 Å². The Morgan fingerprint density at radius 3 is 2.20 bits per heavy atom. The van der Waals surface area contributed by atoms with Crippen molar-refractivity contribution in [3.05, 3.63) is 85.1 Å². The van der Waals surface area contributed by atoms with E-state index in [9.17, 15) is 0 Å². The van der Waals surface area contributed by atoms with Gasteiger partial charge < -0.3 is 4.98 Å². The van der Waals surface area contributed by atoms with E-state index in [0.29, 0.717) is 0 Å². The smallest absolute Gasteiger partial charge is 0.399 e. The van der Waals surface area contributed by atoms with Crippen LogP contribution >= 0.6 is 0 Å². The minimum absolute atomic E-state index is 0. The molecule has 1 heterocycles. The van der Waals surface area contributed by atoms with Crippen LogP contribution < -0.4 is 0 Å². The van der Waals surface area contributed by atoms with Gasteiger partial charge in [0.25, 0.3) is 0 Å². The van der Waals surface area contributed by atoms with E-state index in [4.69, 9.17) is 0 Å². The van der Waals surface area contributed by atoms with Crippen molar-refractivity contribution in [2.45, 2.75) is 0 Å². The molecule has 0 bridgehead atoms.